The van der Waals surface area contributed by atoms with Crippen LogP contribution in [0, 0.1) is 6.92 Å². The van der Waals surface area contributed by atoms with Gasteiger partial charge in [-0.3, -0.25) is 0 Å². The molecule has 1 aromatic heterocycles. The summed E-state index contributed by atoms with van der Waals surface area (Å²) >= 11 is 1.48. The van der Waals surface area contributed by atoms with Crippen molar-refractivity contribution in [2.45, 2.75) is 13.5 Å². The molecule has 74 valence electrons. The molecule has 0 aliphatic rings. The summed E-state index contributed by atoms with van der Waals surface area (Å²) in [5, 5.41) is 7.64. The lowest BCUT2D eigenvalue weighted by atomic mass is 10.5. The van der Waals surface area contributed by atoms with Crippen LogP contribution in [0.2, 0.25) is 0 Å². The number of aryl methyl sites for hydroxylation is 1. The van der Waals surface area contributed by atoms with Gasteiger partial charge in [-0.2, -0.15) is 12.7 Å². The summed E-state index contributed by atoms with van der Waals surface area (Å²) in [6, 6.07) is 0. The van der Waals surface area contributed by atoms with Crippen molar-refractivity contribution < 1.29 is 8.42 Å². The van der Waals surface area contributed by atoms with Crippen LogP contribution in [0.15, 0.2) is 5.38 Å². The van der Waals surface area contributed by atoms with E-state index in [0.29, 0.717) is 0 Å². The molecule has 1 aromatic rings. The van der Waals surface area contributed by atoms with Gasteiger partial charge in [0.25, 0.3) is 10.2 Å². The molecule has 0 aliphatic carbocycles. The minimum atomic E-state index is -3.59. The lowest BCUT2D eigenvalue weighted by Crippen LogP contribution is -2.32. The summed E-state index contributed by atoms with van der Waals surface area (Å²) in [7, 11) is -2.17. The van der Waals surface area contributed by atoms with E-state index >= 15 is 0 Å². The van der Waals surface area contributed by atoms with Crippen molar-refractivity contribution >= 4 is 21.5 Å². The van der Waals surface area contributed by atoms with E-state index in [-0.39, 0.29) is 6.54 Å². The SMILES string of the molecule is Cc1nc(CN(C)S(N)(=O)=O)cs1. The first-order chi connectivity index (χ1) is 5.89. The van der Waals surface area contributed by atoms with Crippen LogP contribution in [-0.4, -0.2) is 24.8 Å². The highest BCUT2D eigenvalue weighted by Gasteiger charge is 2.12. The van der Waals surface area contributed by atoms with E-state index in [9.17, 15) is 8.42 Å². The fourth-order valence-corrected chi connectivity index (χ4v) is 1.71. The minimum absolute atomic E-state index is 0.225. The molecule has 1 heterocycles. The number of thiazole rings is 1. The molecule has 0 atom stereocenters. The van der Waals surface area contributed by atoms with Crippen LogP contribution in [0.25, 0.3) is 0 Å². The summed E-state index contributed by atoms with van der Waals surface area (Å²) in [6.45, 7) is 2.09. The van der Waals surface area contributed by atoms with Gasteiger partial charge < -0.3 is 0 Å². The zero-order chi connectivity index (χ0) is 10.1. The Balaban J connectivity index is 2.71. The molecule has 0 saturated carbocycles. The predicted octanol–water partition coefficient (Wildman–Crippen LogP) is 0.0868. The van der Waals surface area contributed by atoms with Crippen LogP contribution in [-0.2, 0) is 16.8 Å². The van der Waals surface area contributed by atoms with Gasteiger partial charge in [0, 0.05) is 12.4 Å². The first-order valence-electron chi connectivity index (χ1n) is 3.54. The normalized spacial score (nSPS) is 12.3. The number of hydrogen-bond donors (Lipinski definition) is 1. The second kappa shape index (κ2) is 3.70. The van der Waals surface area contributed by atoms with E-state index in [1.165, 1.54) is 18.4 Å². The molecule has 13 heavy (non-hydrogen) atoms. The van der Waals surface area contributed by atoms with Gasteiger partial charge in [0.05, 0.1) is 17.2 Å². The van der Waals surface area contributed by atoms with E-state index in [4.69, 9.17) is 5.14 Å². The van der Waals surface area contributed by atoms with Gasteiger partial charge in [-0.05, 0) is 6.92 Å². The molecule has 0 fully saturated rings. The highest BCUT2D eigenvalue weighted by atomic mass is 32.2. The van der Waals surface area contributed by atoms with Crippen molar-refractivity contribution in [2.24, 2.45) is 5.14 Å². The summed E-state index contributed by atoms with van der Waals surface area (Å²) in [5.74, 6) is 0. The molecule has 0 unspecified atom stereocenters. The highest BCUT2D eigenvalue weighted by Crippen LogP contribution is 2.10. The summed E-state index contributed by atoms with van der Waals surface area (Å²) < 4.78 is 22.7. The van der Waals surface area contributed by atoms with Crippen LogP contribution >= 0.6 is 11.3 Å². The predicted molar refractivity (Wildman–Crippen MR) is 51.4 cm³/mol. The Labute approximate surface area is 81.4 Å². The largest absolute Gasteiger partial charge is 0.277 e. The zero-order valence-electron chi connectivity index (χ0n) is 7.39. The maximum atomic E-state index is 10.8. The van der Waals surface area contributed by atoms with Gasteiger partial charge in [0.1, 0.15) is 0 Å². The van der Waals surface area contributed by atoms with E-state index in [1.807, 2.05) is 12.3 Å². The van der Waals surface area contributed by atoms with Crippen LogP contribution in [0.3, 0.4) is 0 Å². The van der Waals surface area contributed by atoms with Crippen LogP contribution in [0.4, 0.5) is 0 Å². The first-order valence-corrected chi connectivity index (χ1v) is 5.93. The maximum Gasteiger partial charge on any atom is 0.277 e. The molecule has 5 nitrogen and oxygen atoms in total. The first kappa shape index (κ1) is 10.6. The van der Waals surface area contributed by atoms with Crippen LogP contribution in [0.5, 0.6) is 0 Å². The fourth-order valence-electron chi connectivity index (χ4n) is 0.799. The van der Waals surface area contributed by atoms with Gasteiger partial charge in [0.2, 0.25) is 0 Å². The fraction of sp³-hybridized carbons (Fsp3) is 0.500. The molecular weight excluding hydrogens is 210 g/mol. The third-order valence-electron chi connectivity index (χ3n) is 1.49. The Hall–Kier alpha value is -0.500. The minimum Gasteiger partial charge on any atom is -0.245 e. The molecule has 7 heteroatoms. The lowest BCUT2D eigenvalue weighted by molar-refractivity contribution is 0.464. The lowest BCUT2D eigenvalue weighted by Gasteiger charge is -2.10. The Morgan fingerprint density at radius 1 is 1.69 bits per heavy atom. The molecule has 0 saturated heterocycles. The third-order valence-corrected chi connectivity index (χ3v) is 3.31. The molecule has 0 spiro atoms. The van der Waals surface area contributed by atoms with Crippen molar-refractivity contribution in [3.05, 3.63) is 16.1 Å². The van der Waals surface area contributed by atoms with Crippen molar-refractivity contribution in [1.29, 1.82) is 0 Å². The summed E-state index contributed by atoms with van der Waals surface area (Å²) in [5.41, 5.74) is 0.721. The van der Waals surface area contributed by atoms with Gasteiger partial charge in [-0.1, -0.05) is 0 Å². The number of rotatable bonds is 3. The Kier molecular flexibility index (Phi) is 3.01. The third kappa shape index (κ3) is 3.03. The topological polar surface area (TPSA) is 76.3 Å². The van der Waals surface area contributed by atoms with Crippen molar-refractivity contribution in [2.75, 3.05) is 7.05 Å². The number of nitrogens with zero attached hydrogens (tertiary/aromatic N) is 2. The Bertz CT molecular complexity index is 384. The monoisotopic (exact) mass is 221 g/mol. The average molecular weight is 221 g/mol. The molecule has 0 bridgehead atoms. The van der Waals surface area contributed by atoms with Crippen molar-refractivity contribution in [1.82, 2.24) is 9.29 Å². The maximum absolute atomic E-state index is 10.8. The van der Waals surface area contributed by atoms with Crippen LogP contribution in [0.1, 0.15) is 10.7 Å². The van der Waals surface area contributed by atoms with E-state index in [1.54, 1.807) is 0 Å². The van der Waals surface area contributed by atoms with Crippen molar-refractivity contribution in [3.63, 3.8) is 0 Å². The molecule has 0 radical (unpaired) electrons. The summed E-state index contributed by atoms with van der Waals surface area (Å²) in [4.78, 5) is 4.12. The number of aromatic nitrogens is 1. The van der Waals surface area contributed by atoms with E-state index in [0.717, 1.165) is 15.0 Å². The van der Waals surface area contributed by atoms with Gasteiger partial charge >= 0.3 is 0 Å². The van der Waals surface area contributed by atoms with E-state index < -0.39 is 10.2 Å². The van der Waals surface area contributed by atoms with Crippen LogP contribution < -0.4 is 5.14 Å². The number of hydrogen-bond acceptors (Lipinski definition) is 4. The van der Waals surface area contributed by atoms with Gasteiger partial charge in [0.15, 0.2) is 0 Å². The highest BCUT2D eigenvalue weighted by molar-refractivity contribution is 7.86. The molecule has 0 amide bonds. The van der Waals surface area contributed by atoms with Crippen molar-refractivity contribution in [3.8, 4) is 0 Å². The van der Waals surface area contributed by atoms with Gasteiger partial charge in [-0.25, -0.2) is 10.1 Å². The standard InChI is InChI=1S/C6H11N3O2S2/c1-5-8-6(4-12-5)3-9(2)13(7,10)11/h4H,3H2,1-2H3,(H2,7,10,11). The summed E-state index contributed by atoms with van der Waals surface area (Å²) in [6.07, 6.45) is 0. The Morgan fingerprint density at radius 2 is 2.31 bits per heavy atom. The molecular formula is C6H11N3O2S2. The number of nitrogens with two attached hydrogens (primary N) is 1. The average Bonchev–Trinajstić information content (AvgIpc) is 2.33. The smallest absolute Gasteiger partial charge is 0.245 e. The molecule has 0 aliphatic heterocycles. The molecule has 2 N–H and O–H groups in total. The van der Waals surface area contributed by atoms with E-state index in [2.05, 4.69) is 4.98 Å². The zero-order valence-corrected chi connectivity index (χ0v) is 9.02. The quantitative estimate of drug-likeness (QED) is 0.785. The molecule has 1 rings (SSSR count). The van der Waals surface area contributed by atoms with Gasteiger partial charge in [-0.15, -0.1) is 11.3 Å². The Morgan fingerprint density at radius 3 is 2.69 bits per heavy atom. The molecule has 0 aromatic carbocycles. The second-order valence-electron chi connectivity index (χ2n) is 2.66. The second-order valence-corrected chi connectivity index (χ2v) is 5.37.